The second-order valence-electron chi connectivity index (χ2n) is 4.21. The van der Waals surface area contributed by atoms with E-state index in [9.17, 15) is 4.79 Å². The van der Waals surface area contributed by atoms with E-state index >= 15 is 0 Å². The maximum atomic E-state index is 12.2. The maximum absolute atomic E-state index is 12.2. The molecule has 0 bridgehead atoms. The fourth-order valence-electron chi connectivity index (χ4n) is 2.00. The molecule has 92 valence electrons. The van der Waals surface area contributed by atoms with Crippen LogP contribution in [0.25, 0.3) is 0 Å². The summed E-state index contributed by atoms with van der Waals surface area (Å²) in [6, 6.07) is 4.86. The average molecular weight is 274 g/mol. The van der Waals surface area contributed by atoms with Gasteiger partial charge >= 0.3 is 0 Å². The number of halogens is 2. The summed E-state index contributed by atoms with van der Waals surface area (Å²) in [5.41, 5.74) is 0.428. The molecule has 17 heavy (non-hydrogen) atoms. The molecule has 1 unspecified atom stereocenters. The normalized spacial score (nSPS) is 19.7. The number of aliphatic hydroxyl groups is 1. The van der Waals surface area contributed by atoms with Gasteiger partial charge in [0, 0.05) is 30.6 Å². The van der Waals surface area contributed by atoms with Crippen molar-refractivity contribution in [3.05, 3.63) is 33.8 Å². The number of rotatable bonds is 2. The summed E-state index contributed by atoms with van der Waals surface area (Å²) in [4.78, 5) is 13.9. The highest BCUT2D eigenvalue weighted by Gasteiger charge is 2.27. The summed E-state index contributed by atoms with van der Waals surface area (Å²) in [5.74, 6) is 0.0605. The monoisotopic (exact) mass is 273 g/mol. The Hall–Kier alpha value is -0.770. The molecule has 1 fully saturated rings. The Morgan fingerprint density at radius 3 is 2.88 bits per heavy atom. The topological polar surface area (TPSA) is 40.5 Å². The van der Waals surface area contributed by atoms with Crippen LogP contribution in [0, 0.1) is 5.92 Å². The summed E-state index contributed by atoms with van der Waals surface area (Å²) in [6.07, 6.45) is 0.834. The summed E-state index contributed by atoms with van der Waals surface area (Å²) in [7, 11) is 0. The van der Waals surface area contributed by atoms with Gasteiger partial charge < -0.3 is 10.0 Å². The third-order valence-corrected chi connectivity index (χ3v) is 3.55. The first-order valence-electron chi connectivity index (χ1n) is 5.47. The second kappa shape index (κ2) is 5.25. The van der Waals surface area contributed by atoms with Crippen molar-refractivity contribution in [3.63, 3.8) is 0 Å². The maximum Gasteiger partial charge on any atom is 0.255 e. The number of likely N-dealkylation sites (tertiary alicyclic amines) is 1. The van der Waals surface area contributed by atoms with Gasteiger partial charge in [-0.25, -0.2) is 0 Å². The Balaban J connectivity index is 2.17. The molecule has 0 spiro atoms. The van der Waals surface area contributed by atoms with E-state index in [4.69, 9.17) is 28.3 Å². The Kier molecular flexibility index (Phi) is 3.92. The van der Waals surface area contributed by atoms with Gasteiger partial charge in [0.25, 0.3) is 5.91 Å². The van der Waals surface area contributed by atoms with Crippen molar-refractivity contribution in [2.24, 2.45) is 5.92 Å². The molecule has 1 aromatic rings. The van der Waals surface area contributed by atoms with Crippen molar-refractivity contribution in [1.82, 2.24) is 4.90 Å². The lowest BCUT2D eigenvalue weighted by Crippen LogP contribution is -2.29. The summed E-state index contributed by atoms with van der Waals surface area (Å²) >= 11 is 11.8. The standard InChI is InChI=1S/C12H13Cl2NO2/c13-9-1-2-11(14)10(5-9)12(17)15-4-3-8(6-15)7-16/h1-2,5,8,16H,3-4,6-7H2. The van der Waals surface area contributed by atoms with Crippen LogP contribution in [-0.4, -0.2) is 35.6 Å². The van der Waals surface area contributed by atoms with E-state index in [1.165, 1.54) is 0 Å². The molecule has 1 aromatic carbocycles. The molecule has 1 aliphatic heterocycles. The van der Waals surface area contributed by atoms with Gasteiger partial charge in [-0.1, -0.05) is 23.2 Å². The lowest BCUT2D eigenvalue weighted by molar-refractivity contribution is 0.0782. The van der Waals surface area contributed by atoms with Crippen molar-refractivity contribution in [2.45, 2.75) is 6.42 Å². The van der Waals surface area contributed by atoms with E-state index in [2.05, 4.69) is 0 Å². The minimum Gasteiger partial charge on any atom is -0.396 e. The third kappa shape index (κ3) is 2.73. The zero-order chi connectivity index (χ0) is 12.4. The largest absolute Gasteiger partial charge is 0.396 e. The van der Waals surface area contributed by atoms with Crippen LogP contribution in [0.5, 0.6) is 0 Å². The predicted octanol–water partition coefficient (Wildman–Crippen LogP) is 2.45. The number of hydrogen-bond acceptors (Lipinski definition) is 2. The molecule has 3 nitrogen and oxygen atoms in total. The van der Waals surface area contributed by atoms with Gasteiger partial charge in [0.05, 0.1) is 10.6 Å². The highest BCUT2D eigenvalue weighted by atomic mass is 35.5. The van der Waals surface area contributed by atoms with Crippen molar-refractivity contribution < 1.29 is 9.90 Å². The first kappa shape index (κ1) is 12.7. The van der Waals surface area contributed by atoms with E-state index in [-0.39, 0.29) is 18.4 Å². The number of benzene rings is 1. The fourth-order valence-corrected chi connectivity index (χ4v) is 2.37. The van der Waals surface area contributed by atoms with E-state index in [0.717, 1.165) is 6.42 Å². The SMILES string of the molecule is O=C(c1cc(Cl)ccc1Cl)N1CCC(CO)C1. The minimum absolute atomic E-state index is 0.117. The number of amides is 1. The summed E-state index contributed by atoms with van der Waals surface area (Å²) in [6.45, 7) is 1.36. The number of nitrogens with zero attached hydrogens (tertiary/aromatic N) is 1. The van der Waals surface area contributed by atoms with Crippen LogP contribution >= 0.6 is 23.2 Å². The molecule has 1 aliphatic rings. The Morgan fingerprint density at radius 1 is 1.47 bits per heavy atom. The van der Waals surface area contributed by atoms with Crippen LogP contribution in [0.1, 0.15) is 16.8 Å². The number of carbonyl (C=O) groups excluding carboxylic acids is 1. The van der Waals surface area contributed by atoms with Crippen LogP contribution in [-0.2, 0) is 0 Å². The fraction of sp³-hybridized carbons (Fsp3) is 0.417. The first-order chi connectivity index (χ1) is 8.11. The lowest BCUT2D eigenvalue weighted by atomic mass is 10.1. The van der Waals surface area contributed by atoms with Crippen LogP contribution in [0.15, 0.2) is 18.2 Å². The zero-order valence-corrected chi connectivity index (χ0v) is 10.7. The number of aliphatic hydroxyl groups excluding tert-OH is 1. The molecule has 1 atom stereocenters. The summed E-state index contributed by atoms with van der Waals surface area (Å²) in [5, 5.41) is 9.95. The van der Waals surface area contributed by atoms with Gasteiger partial charge in [0.15, 0.2) is 0 Å². The molecule has 2 rings (SSSR count). The van der Waals surface area contributed by atoms with Crippen LogP contribution in [0.3, 0.4) is 0 Å². The van der Waals surface area contributed by atoms with Gasteiger partial charge in [-0.3, -0.25) is 4.79 Å². The quantitative estimate of drug-likeness (QED) is 0.899. The van der Waals surface area contributed by atoms with Crippen LogP contribution in [0.2, 0.25) is 10.0 Å². The van der Waals surface area contributed by atoms with Gasteiger partial charge in [0.1, 0.15) is 0 Å². The average Bonchev–Trinajstić information content (AvgIpc) is 2.80. The molecule has 1 heterocycles. The van der Waals surface area contributed by atoms with Gasteiger partial charge in [0.2, 0.25) is 0 Å². The molecule has 0 aromatic heterocycles. The molecule has 1 N–H and O–H groups in total. The first-order valence-corrected chi connectivity index (χ1v) is 6.22. The van der Waals surface area contributed by atoms with E-state index in [0.29, 0.717) is 28.7 Å². The van der Waals surface area contributed by atoms with Crippen LogP contribution < -0.4 is 0 Å². The highest BCUT2D eigenvalue weighted by molar-refractivity contribution is 6.35. The minimum atomic E-state index is -0.117. The van der Waals surface area contributed by atoms with Crippen LogP contribution in [0.4, 0.5) is 0 Å². The van der Waals surface area contributed by atoms with Gasteiger partial charge in [-0.05, 0) is 24.6 Å². The molecule has 0 aliphatic carbocycles. The number of hydrogen-bond donors (Lipinski definition) is 1. The van der Waals surface area contributed by atoms with Gasteiger partial charge in [-0.2, -0.15) is 0 Å². The molecule has 0 saturated carbocycles. The Labute approximate surface area is 110 Å². The molecule has 0 radical (unpaired) electrons. The Morgan fingerprint density at radius 2 is 2.24 bits per heavy atom. The Bertz CT molecular complexity index is 437. The van der Waals surface area contributed by atoms with Crippen molar-refractivity contribution >= 4 is 29.1 Å². The molecule has 1 amide bonds. The number of carbonyl (C=O) groups is 1. The van der Waals surface area contributed by atoms with Gasteiger partial charge in [-0.15, -0.1) is 0 Å². The zero-order valence-electron chi connectivity index (χ0n) is 9.20. The van der Waals surface area contributed by atoms with E-state index in [1.807, 2.05) is 0 Å². The molecular formula is C12H13Cl2NO2. The van der Waals surface area contributed by atoms with E-state index < -0.39 is 0 Å². The van der Waals surface area contributed by atoms with Crippen molar-refractivity contribution in [2.75, 3.05) is 19.7 Å². The third-order valence-electron chi connectivity index (χ3n) is 2.99. The van der Waals surface area contributed by atoms with Crippen molar-refractivity contribution in [1.29, 1.82) is 0 Å². The predicted molar refractivity (Wildman–Crippen MR) is 67.6 cm³/mol. The lowest BCUT2D eigenvalue weighted by Gasteiger charge is -2.17. The highest BCUT2D eigenvalue weighted by Crippen LogP contribution is 2.25. The van der Waals surface area contributed by atoms with E-state index in [1.54, 1.807) is 23.1 Å². The molecule has 5 heteroatoms. The smallest absolute Gasteiger partial charge is 0.255 e. The summed E-state index contributed by atoms with van der Waals surface area (Å²) < 4.78 is 0. The molecule has 1 saturated heterocycles. The molecular weight excluding hydrogens is 261 g/mol. The van der Waals surface area contributed by atoms with Crippen molar-refractivity contribution in [3.8, 4) is 0 Å². The second-order valence-corrected chi connectivity index (χ2v) is 5.06.